The van der Waals surface area contributed by atoms with E-state index in [1.165, 1.54) is 24.8 Å². The van der Waals surface area contributed by atoms with Crippen LogP contribution in [0.1, 0.15) is 47.0 Å². The Morgan fingerprint density at radius 2 is 2.07 bits per heavy atom. The van der Waals surface area contributed by atoms with Gasteiger partial charge in [-0.3, -0.25) is 0 Å². The molecule has 2 aliphatic carbocycles. The molecule has 0 radical (unpaired) electrons. The van der Waals surface area contributed by atoms with Crippen LogP contribution in [-0.2, 0) is 0 Å². The Hall–Kier alpha value is -0.300. The highest BCUT2D eigenvalue weighted by Crippen LogP contribution is 2.65. The summed E-state index contributed by atoms with van der Waals surface area (Å²) in [5.74, 6) is 0.935. The first-order valence-corrected chi connectivity index (χ1v) is 6.25. The summed E-state index contributed by atoms with van der Waals surface area (Å²) in [4.78, 5) is 0. The van der Waals surface area contributed by atoms with Gasteiger partial charge < -0.3 is 5.32 Å². The van der Waals surface area contributed by atoms with E-state index in [1.54, 1.807) is 0 Å². The van der Waals surface area contributed by atoms with E-state index in [1.807, 2.05) is 0 Å². The van der Waals surface area contributed by atoms with Gasteiger partial charge in [-0.05, 0) is 42.9 Å². The zero-order valence-corrected chi connectivity index (χ0v) is 10.7. The Morgan fingerprint density at radius 3 is 2.47 bits per heavy atom. The van der Waals surface area contributed by atoms with E-state index in [0.29, 0.717) is 16.9 Å². The van der Waals surface area contributed by atoms with Gasteiger partial charge in [0.1, 0.15) is 0 Å². The second kappa shape index (κ2) is 3.35. The Bertz CT molecular complexity index is 279. The molecule has 2 rings (SSSR count). The average Bonchev–Trinajstić information content (AvgIpc) is 2.46. The van der Waals surface area contributed by atoms with Gasteiger partial charge in [-0.2, -0.15) is 0 Å². The second-order valence-electron chi connectivity index (χ2n) is 6.50. The Labute approximate surface area is 94.3 Å². The van der Waals surface area contributed by atoms with Gasteiger partial charge in [-0.25, -0.2) is 0 Å². The van der Waals surface area contributed by atoms with Gasteiger partial charge >= 0.3 is 0 Å². The van der Waals surface area contributed by atoms with Crippen molar-refractivity contribution in [1.82, 2.24) is 5.32 Å². The van der Waals surface area contributed by atoms with Crippen LogP contribution in [0.4, 0.5) is 0 Å². The summed E-state index contributed by atoms with van der Waals surface area (Å²) in [6.45, 7) is 14.5. The normalized spacial score (nSPS) is 42.1. The third-order valence-electron chi connectivity index (χ3n) is 5.44. The molecule has 86 valence electrons. The van der Waals surface area contributed by atoms with Gasteiger partial charge in [-0.15, -0.1) is 0 Å². The minimum absolute atomic E-state index is 0.507. The highest BCUT2D eigenvalue weighted by atomic mass is 15.0. The maximum absolute atomic E-state index is 3.97. The first-order valence-electron chi connectivity index (χ1n) is 6.25. The minimum Gasteiger partial charge on any atom is -0.310 e. The Balaban J connectivity index is 2.09. The quantitative estimate of drug-likeness (QED) is 0.700. The first-order chi connectivity index (χ1) is 6.88. The van der Waals surface area contributed by atoms with Gasteiger partial charge in [0.25, 0.3) is 0 Å². The molecule has 2 saturated carbocycles. The molecule has 0 aromatic rings. The van der Waals surface area contributed by atoms with Crippen molar-refractivity contribution in [2.75, 3.05) is 6.54 Å². The van der Waals surface area contributed by atoms with Crippen molar-refractivity contribution in [2.24, 2.45) is 16.7 Å². The van der Waals surface area contributed by atoms with E-state index in [9.17, 15) is 0 Å². The fourth-order valence-corrected chi connectivity index (χ4v) is 3.81. The van der Waals surface area contributed by atoms with Crippen molar-refractivity contribution < 1.29 is 0 Å². The van der Waals surface area contributed by atoms with Crippen molar-refractivity contribution in [1.29, 1.82) is 0 Å². The van der Waals surface area contributed by atoms with Gasteiger partial charge in [0.15, 0.2) is 0 Å². The van der Waals surface area contributed by atoms with Crippen LogP contribution < -0.4 is 5.32 Å². The van der Waals surface area contributed by atoms with Crippen LogP contribution in [0, 0.1) is 16.7 Å². The van der Waals surface area contributed by atoms with E-state index in [2.05, 4.69) is 39.6 Å². The zero-order valence-electron chi connectivity index (χ0n) is 10.7. The van der Waals surface area contributed by atoms with Crippen LogP contribution in [0.3, 0.4) is 0 Å². The highest BCUT2D eigenvalue weighted by molar-refractivity contribution is 5.13. The lowest BCUT2D eigenvalue weighted by molar-refractivity contribution is 0.122. The standard InChI is InChI=1S/C14H25N/c1-10(2)9-15-12-8-11-6-7-14(12,5)13(11,3)4/h11-12,15H,1,6-9H2,2-5H3. The average molecular weight is 207 g/mol. The van der Waals surface area contributed by atoms with Crippen molar-refractivity contribution in [3.63, 3.8) is 0 Å². The molecule has 3 unspecified atom stereocenters. The van der Waals surface area contributed by atoms with Gasteiger partial charge in [0, 0.05) is 12.6 Å². The largest absolute Gasteiger partial charge is 0.310 e. The van der Waals surface area contributed by atoms with Crippen LogP contribution in [0.25, 0.3) is 0 Å². The second-order valence-corrected chi connectivity index (χ2v) is 6.50. The first kappa shape index (κ1) is 11.2. The molecular formula is C14H25N. The molecule has 0 spiro atoms. The highest BCUT2D eigenvalue weighted by Gasteiger charge is 2.60. The molecule has 1 heteroatoms. The molecule has 0 heterocycles. The van der Waals surface area contributed by atoms with Crippen LogP contribution in [0.15, 0.2) is 12.2 Å². The molecule has 2 bridgehead atoms. The number of rotatable bonds is 3. The molecule has 15 heavy (non-hydrogen) atoms. The summed E-state index contributed by atoms with van der Waals surface area (Å²) in [6.07, 6.45) is 4.21. The summed E-state index contributed by atoms with van der Waals surface area (Å²) in [6, 6.07) is 0.711. The van der Waals surface area contributed by atoms with Crippen molar-refractivity contribution in [2.45, 2.75) is 53.0 Å². The summed E-state index contributed by atoms with van der Waals surface area (Å²) < 4.78 is 0. The summed E-state index contributed by atoms with van der Waals surface area (Å²) in [5, 5.41) is 3.71. The Kier molecular flexibility index (Phi) is 2.50. The summed E-state index contributed by atoms with van der Waals surface area (Å²) in [5.41, 5.74) is 2.28. The van der Waals surface area contributed by atoms with Crippen molar-refractivity contribution in [3.8, 4) is 0 Å². The number of hydrogen-bond donors (Lipinski definition) is 1. The van der Waals surface area contributed by atoms with E-state index in [4.69, 9.17) is 0 Å². The number of nitrogens with one attached hydrogen (secondary N) is 1. The smallest absolute Gasteiger partial charge is 0.0161 e. The van der Waals surface area contributed by atoms with Crippen molar-refractivity contribution in [3.05, 3.63) is 12.2 Å². The van der Waals surface area contributed by atoms with E-state index < -0.39 is 0 Å². The zero-order chi connectivity index (χ0) is 11.3. The van der Waals surface area contributed by atoms with Gasteiger partial charge in [0.2, 0.25) is 0 Å². The van der Waals surface area contributed by atoms with Gasteiger partial charge in [-0.1, -0.05) is 32.9 Å². The van der Waals surface area contributed by atoms with Crippen molar-refractivity contribution >= 4 is 0 Å². The lowest BCUT2D eigenvalue weighted by Gasteiger charge is -2.39. The van der Waals surface area contributed by atoms with E-state index in [-0.39, 0.29) is 0 Å². The minimum atomic E-state index is 0.507. The van der Waals surface area contributed by atoms with Crippen LogP contribution in [-0.4, -0.2) is 12.6 Å². The fraction of sp³-hybridized carbons (Fsp3) is 0.857. The lowest BCUT2D eigenvalue weighted by atomic mass is 9.69. The maximum atomic E-state index is 3.97. The molecule has 1 nitrogen and oxygen atoms in total. The SMILES string of the molecule is C=C(C)CNC1CC2CCC1(C)C2(C)C. The molecule has 0 aromatic heterocycles. The predicted octanol–water partition coefficient (Wildman–Crippen LogP) is 3.37. The summed E-state index contributed by atoms with van der Waals surface area (Å²) in [7, 11) is 0. The topological polar surface area (TPSA) is 12.0 Å². The van der Waals surface area contributed by atoms with Gasteiger partial charge in [0.05, 0.1) is 0 Å². The van der Waals surface area contributed by atoms with E-state index >= 15 is 0 Å². The van der Waals surface area contributed by atoms with Crippen LogP contribution in [0.2, 0.25) is 0 Å². The number of fused-ring (bicyclic) bond motifs is 2. The fourth-order valence-electron chi connectivity index (χ4n) is 3.81. The Morgan fingerprint density at radius 1 is 1.40 bits per heavy atom. The third kappa shape index (κ3) is 1.47. The van der Waals surface area contributed by atoms with E-state index in [0.717, 1.165) is 12.5 Å². The number of hydrogen-bond acceptors (Lipinski definition) is 1. The van der Waals surface area contributed by atoms with Crippen LogP contribution >= 0.6 is 0 Å². The molecule has 0 aromatic carbocycles. The molecule has 0 saturated heterocycles. The monoisotopic (exact) mass is 207 g/mol. The molecule has 1 N–H and O–H groups in total. The molecule has 2 aliphatic rings. The third-order valence-corrected chi connectivity index (χ3v) is 5.44. The molecular weight excluding hydrogens is 182 g/mol. The summed E-state index contributed by atoms with van der Waals surface area (Å²) >= 11 is 0. The lowest BCUT2D eigenvalue weighted by Crippen LogP contribution is -2.44. The maximum Gasteiger partial charge on any atom is 0.0161 e. The molecule has 0 amide bonds. The van der Waals surface area contributed by atoms with Crippen LogP contribution in [0.5, 0.6) is 0 Å². The molecule has 2 fully saturated rings. The predicted molar refractivity (Wildman–Crippen MR) is 65.8 cm³/mol. The molecule has 0 aliphatic heterocycles. The molecule has 3 atom stereocenters.